The van der Waals surface area contributed by atoms with Crippen LogP contribution in [0.4, 0.5) is 14.6 Å². The maximum atomic E-state index is 13.6. The zero-order chi connectivity index (χ0) is 18.8. The first-order chi connectivity index (χ1) is 13.1. The van der Waals surface area contributed by atoms with E-state index < -0.39 is 11.6 Å². The Bertz CT molecular complexity index is 1130. The van der Waals surface area contributed by atoms with Crippen molar-refractivity contribution in [1.29, 1.82) is 0 Å². The number of nitrogens with one attached hydrogen (secondary N) is 1. The average Bonchev–Trinajstić information content (AvgIpc) is 3.13. The molecule has 0 aliphatic rings. The summed E-state index contributed by atoms with van der Waals surface area (Å²) < 4.78 is 32.9. The van der Waals surface area contributed by atoms with Crippen LogP contribution in [0, 0.1) is 11.6 Å². The van der Waals surface area contributed by atoms with Crippen molar-refractivity contribution in [2.45, 2.75) is 0 Å². The Hall–Kier alpha value is -3.39. The molecule has 0 aliphatic carbocycles. The van der Waals surface area contributed by atoms with Gasteiger partial charge in [0.25, 0.3) is 5.91 Å². The van der Waals surface area contributed by atoms with Gasteiger partial charge in [0.05, 0.1) is 21.9 Å². The molecule has 0 spiro atoms. The number of thiazole rings is 1. The quantitative estimate of drug-likeness (QED) is 0.538. The van der Waals surface area contributed by atoms with E-state index >= 15 is 0 Å². The predicted octanol–water partition coefficient (Wildman–Crippen LogP) is 5.01. The molecule has 0 saturated carbocycles. The topological polar surface area (TPSA) is 64.1 Å². The molecule has 2 aromatic carbocycles. The van der Waals surface area contributed by atoms with Crippen LogP contribution in [-0.2, 0) is 0 Å². The molecular weight excluding hydrogens is 372 g/mol. The van der Waals surface area contributed by atoms with Crippen LogP contribution in [0.1, 0.15) is 10.4 Å². The summed E-state index contributed by atoms with van der Waals surface area (Å²) >= 11 is 1.50. The molecule has 4 aromatic rings. The molecule has 1 amide bonds. The van der Waals surface area contributed by atoms with E-state index in [4.69, 9.17) is 4.74 Å². The summed E-state index contributed by atoms with van der Waals surface area (Å²) in [5.74, 6) is -1.38. The van der Waals surface area contributed by atoms with Crippen LogP contribution >= 0.6 is 11.3 Å². The molecule has 134 valence electrons. The number of ether oxygens (including phenoxy) is 1. The monoisotopic (exact) mass is 383 g/mol. The first kappa shape index (κ1) is 17.0. The molecule has 5 nitrogen and oxygen atoms in total. The molecule has 4 rings (SSSR count). The van der Waals surface area contributed by atoms with Gasteiger partial charge in [-0.2, -0.15) is 0 Å². The molecule has 8 heteroatoms. The highest BCUT2D eigenvalue weighted by Crippen LogP contribution is 2.25. The number of rotatable bonds is 4. The number of halogens is 2. The van der Waals surface area contributed by atoms with Crippen LogP contribution in [0.2, 0.25) is 0 Å². The molecular formula is C19H11F2N3O2S. The second-order valence-corrected chi connectivity index (χ2v) is 6.43. The number of carbonyl (C=O) groups is 1. The molecule has 0 radical (unpaired) electrons. The van der Waals surface area contributed by atoms with Gasteiger partial charge in [-0.25, -0.2) is 18.7 Å². The van der Waals surface area contributed by atoms with E-state index in [1.165, 1.54) is 35.7 Å². The SMILES string of the molecule is O=C(Nc1ccc(Oc2ccc(F)cc2F)cn1)c1ccc2scnc2c1. The number of nitrogens with zero attached hydrogens (tertiary/aromatic N) is 2. The summed E-state index contributed by atoms with van der Waals surface area (Å²) in [6.07, 6.45) is 1.34. The van der Waals surface area contributed by atoms with E-state index in [1.807, 2.05) is 6.07 Å². The lowest BCUT2D eigenvalue weighted by atomic mass is 10.2. The molecule has 27 heavy (non-hydrogen) atoms. The summed E-state index contributed by atoms with van der Waals surface area (Å²) in [5, 5.41) is 2.67. The van der Waals surface area contributed by atoms with Gasteiger partial charge >= 0.3 is 0 Å². The van der Waals surface area contributed by atoms with Crippen LogP contribution in [0.5, 0.6) is 11.5 Å². The number of hydrogen-bond acceptors (Lipinski definition) is 5. The van der Waals surface area contributed by atoms with Gasteiger partial charge in [0.15, 0.2) is 11.6 Å². The van der Waals surface area contributed by atoms with Crippen molar-refractivity contribution in [1.82, 2.24) is 9.97 Å². The summed E-state index contributed by atoms with van der Waals surface area (Å²) in [5.41, 5.74) is 2.94. The number of pyridine rings is 1. The average molecular weight is 383 g/mol. The van der Waals surface area contributed by atoms with Crippen LogP contribution in [0.3, 0.4) is 0 Å². The zero-order valence-corrected chi connectivity index (χ0v) is 14.5. The van der Waals surface area contributed by atoms with E-state index in [0.29, 0.717) is 11.4 Å². The van der Waals surface area contributed by atoms with Gasteiger partial charge in [0.2, 0.25) is 0 Å². The first-order valence-corrected chi connectivity index (χ1v) is 8.70. The summed E-state index contributed by atoms with van der Waals surface area (Å²) in [4.78, 5) is 20.6. The highest BCUT2D eigenvalue weighted by atomic mass is 32.1. The summed E-state index contributed by atoms with van der Waals surface area (Å²) in [7, 11) is 0. The smallest absolute Gasteiger partial charge is 0.256 e. The number of anilines is 1. The molecule has 2 heterocycles. The fraction of sp³-hybridized carbons (Fsp3) is 0. The first-order valence-electron chi connectivity index (χ1n) is 7.82. The third kappa shape index (κ3) is 3.75. The van der Waals surface area contributed by atoms with Crippen LogP contribution in [-0.4, -0.2) is 15.9 Å². The maximum Gasteiger partial charge on any atom is 0.256 e. The van der Waals surface area contributed by atoms with Crippen molar-refractivity contribution in [2.24, 2.45) is 0 Å². The Labute approximate surface area is 156 Å². The molecule has 0 unspecified atom stereocenters. The minimum Gasteiger partial charge on any atom is -0.453 e. The van der Waals surface area contributed by atoms with Crippen molar-refractivity contribution in [3.63, 3.8) is 0 Å². The van der Waals surface area contributed by atoms with Gasteiger partial charge in [0.1, 0.15) is 17.4 Å². The number of amides is 1. The van der Waals surface area contributed by atoms with Gasteiger partial charge in [-0.15, -0.1) is 11.3 Å². The Balaban J connectivity index is 1.46. The van der Waals surface area contributed by atoms with Crippen LogP contribution < -0.4 is 10.1 Å². The number of benzene rings is 2. The van der Waals surface area contributed by atoms with Gasteiger partial charge in [0, 0.05) is 11.6 Å². The number of aromatic nitrogens is 2. The Morgan fingerprint density at radius 2 is 1.93 bits per heavy atom. The second kappa shape index (κ2) is 7.08. The van der Waals surface area contributed by atoms with E-state index in [2.05, 4.69) is 15.3 Å². The van der Waals surface area contributed by atoms with Gasteiger partial charge in [-0.3, -0.25) is 4.79 Å². The zero-order valence-electron chi connectivity index (χ0n) is 13.6. The molecule has 0 aliphatic heterocycles. The van der Waals surface area contributed by atoms with E-state index in [1.54, 1.807) is 17.6 Å². The van der Waals surface area contributed by atoms with E-state index in [9.17, 15) is 13.6 Å². The van der Waals surface area contributed by atoms with Gasteiger partial charge < -0.3 is 10.1 Å². The van der Waals surface area contributed by atoms with Crippen molar-refractivity contribution in [3.8, 4) is 11.5 Å². The van der Waals surface area contributed by atoms with Crippen molar-refractivity contribution in [3.05, 3.63) is 77.4 Å². The molecule has 2 aromatic heterocycles. The number of hydrogen-bond donors (Lipinski definition) is 1. The number of fused-ring (bicyclic) bond motifs is 1. The van der Waals surface area contributed by atoms with Crippen LogP contribution in [0.15, 0.2) is 60.2 Å². The number of carbonyl (C=O) groups excluding carboxylic acids is 1. The molecule has 0 atom stereocenters. The largest absolute Gasteiger partial charge is 0.453 e. The minimum atomic E-state index is -0.815. The Morgan fingerprint density at radius 3 is 2.70 bits per heavy atom. The lowest BCUT2D eigenvalue weighted by Crippen LogP contribution is -2.12. The lowest BCUT2D eigenvalue weighted by molar-refractivity contribution is 0.102. The predicted molar refractivity (Wildman–Crippen MR) is 98.2 cm³/mol. The van der Waals surface area contributed by atoms with Crippen molar-refractivity contribution < 1.29 is 18.3 Å². The molecule has 0 fully saturated rings. The minimum absolute atomic E-state index is 0.119. The summed E-state index contributed by atoms with van der Waals surface area (Å²) in [6, 6.07) is 11.3. The van der Waals surface area contributed by atoms with Gasteiger partial charge in [-0.05, 0) is 42.5 Å². The third-order valence-corrected chi connectivity index (χ3v) is 4.50. The fourth-order valence-electron chi connectivity index (χ4n) is 2.39. The maximum absolute atomic E-state index is 13.6. The normalized spacial score (nSPS) is 10.7. The second-order valence-electron chi connectivity index (χ2n) is 5.54. The van der Waals surface area contributed by atoms with Crippen molar-refractivity contribution in [2.75, 3.05) is 5.32 Å². The molecule has 0 bridgehead atoms. The third-order valence-electron chi connectivity index (χ3n) is 3.69. The molecule has 0 saturated heterocycles. The van der Waals surface area contributed by atoms with Crippen LogP contribution in [0.25, 0.3) is 10.2 Å². The van der Waals surface area contributed by atoms with E-state index in [0.717, 1.165) is 22.3 Å². The van der Waals surface area contributed by atoms with Gasteiger partial charge in [-0.1, -0.05) is 0 Å². The standard InChI is InChI=1S/C19H11F2N3O2S/c20-12-2-4-16(14(21)8-12)26-13-3-6-18(22-9-13)24-19(25)11-1-5-17-15(7-11)23-10-27-17/h1-10H,(H,22,24,25). The van der Waals surface area contributed by atoms with E-state index in [-0.39, 0.29) is 17.4 Å². The lowest BCUT2D eigenvalue weighted by Gasteiger charge is -2.08. The Kier molecular flexibility index (Phi) is 4.47. The fourth-order valence-corrected chi connectivity index (χ4v) is 3.05. The summed E-state index contributed by atoms with van der Waals surface area (Å²) in [6.45, 7) is 0. The molecule has 1 N–H and O–H groups in total. The highest BCUT2D eigenvalue weighted by Gasteiger charge is 2.10. The van der Waals surface area contributed by atoms with Crippen molar-refractivity contribution >= 4 is 33.3 Å². The highest BCUT2D eigenvalue weighted by molar-refractivity contribution is 7.16. The Morgan fingerprint density at radius 1 is 1.04 bits per heavy atom.